The molecule has 5 nitrogen and oxygen atoms in total. The van der Waals surface area contributed by atoms with E-state index in [9.17, 15) is 0 Å². The third kappa shape index (κ3) is 2.69. The van der Waals surface area contributed by atoms with Crippen LogP contribution in [0.3, 0.4) is 0 Å². The van der Waals surface area contributed by atoms with Crippen LogP contribution in [0, 0.1) is 0 Å². The Hall–Kier alpha value is -2.14. The Kier molecular flexibility index (Phi) is 3.75. The quantitative estimate of drug-likeness (QED) is 0.781. The molecule has 1 atom stereocenters. The van der Waals surface area contributed by atoms with Gasteiger partial charge in [0.05, 0.1) is 17.1 Å². The summed E-state index contributed by atoms with van der Waals surface area (Å²) in [7, 11) is 4.10. The van der Waals surface area contributed by atoms with E-state index in [0.29, 0.717) is 0 Å². The molecule has 0 fully saturated rings. The number of aromatic nitrogens is 4. The highest BCUT2D eigenvalue weighted by atomic mass is 15.1. The first kappa shape index (κ1) is 13.8. The number of hydrogen-bond donors (Lipinski definition) is 1. The fraction of sp³-hybridized carbons (Fsp3) is 0.375. The summed E-state index contributed by atoms with van der Waals surface area (Å²) < 4.78 is 4.22. The first-order valence-corrected chi connectivity index (χ1v) is 7.27. The van der Waals surface area contributed by atoms with Gasteiger partial charge in [0.2, 0.25) is 0 Å². The largest absolute Gasteiger partial charge is 0.338 e. The lowest BCUT2D eigenvalue weighted by atomic mass is 10.3. The van der Waals surface area contributed by atoms with Crippen molar-refractivity contribution in [3.05, 3.63) is 48.3 Å². The molecule has 0 aliphatic heterocycles. The van der Waals surface area contributed by atoms with Crippen molar-refractivity contribution in [2.75, 3.05) is 6.54 Å². The summed E-state index contributed by atoms with van der Waals surface area (Å²) in [6.45, 7) is 3.04. The Labute approximate surface area is 124 Å². The van der Waals surface area contributed by atoms with Crippen LogP contribution < -0.4 is 5.32 Å². The van der Waals surface area contributed by atoms with Crippen LogP contribution in [0.5, 0.6) is 0 Å². The molecule has 0 radical (unpaired) electrons. The average molecular weight is 283 g/mol. The Balaban J connectivity index is 1.68. The molecule has 0 spiro atoms. The van der Waals surface area contributed by atoms with E-state index in [-0.39, 0.29) is 6.04 Å². The smallest absolute Gasteiger partial charge is 0.126 e. The van der Waals surface area contributed by atoms with E-state index in [1.165, 1.54) is 5.52 Å². The SMILES string of the molecule is CC(NCCc1nccn1C)c1nc2ccccc2n1C. The van der Waals surface area contributed by atoms with Gasteiger partial charge in [0.15, 0.2) is 0 Å². The van der Waals surface area contributed by atoms with Gasteiger partial charge < -0.3 is 14.5 Å². The van der Waals surface area contributed by atoms with Gasteiger partial charge in [-0.05, 0) is 19.1 Å². The molecule has 1 aromatic carbocycles. The second-order valence-corrected chi connectivity index (χ2v) is 5.40. The van der Waals surface area contributed by atoms with Gasteiger partial charge in [-0.2, -0.15) is 0 Å². The van der Waals surface area contributed by atoms with E-state index in [1.807, 2.05) is 31.6 Å². The Bertz CT molecular complexity index is 740. The van der Waals surface area contributed by atoms with Crippen molar-refractivity contribution in [3.63, 3.8) is 0 Å². The second kappa shape index (κ2) is 5.69. The number of fused-ring (bicyclic) bond motifs is 1. The topological polar surface area (TPSA) is 47.7 Å². The van der Waals surface area contributed by atoms with E-state index in [0.717, 1.165) is 30.1 Å². The molecule has 2 aromatic heterocycles. The van der Waals surface area contributed by atoms with Crippen LogP contribution in [0.1, 0.15) is 24.6 Å². The molecule has 21 heavy (non-hydrogen) atoms. The molecule has 3 rings (SSSR count). The molecule has 0 bridgehead atoms. The highest BCUT2D eigenvalue weighted by Gasteiger charge is 2.13. The molecule has 110 valence electrons. The molecule has 0 amide bonds. The van der Waals surface area contributed by atoms with E-state index in [2.05, 4.69) is 45.5 Å². The van der Waals surface area contributed by atoms with Crippen molar-refractivity contribution in [1.29, 1.82) is 0 Å². The number of aryl methyl sites for hydroxylation is 2. The fourth-order valence-electron chi connectivity index (χ4n) is 2.68. The van der Waals surface area contributed by atoms with E-state index in [1.54, 1.807) is 0 Å². The average Bonchev–Trinajstić information content (AvgIpc) is 3.04. The Morgan fingerprint density at radius 2 is 2.05 bits per heavy atom. The zero-order valence-corrected chi connectivity index (χ0v) is 12.7. The molecule has 1 unspecified atom stereocenters. The third-order valence-corrected chi connectivity index (χ3v) is 3.93. The van der Waals surface area contributed by atoms with Crippen LogP contribution in [0.4, 0.5) is 0 Å². The Morgan fingerprint density at radius 1 is 1.24 bits per heavy atom. The lowest BCUT2D eigenvalue weighted by molar-refractivity contribution is 0.529. The van der Waals surface area contributed by atoms with Gasteiger partial charge in [-0.3, -0.25) is 0 Å². The van der Waals surface area contributed by atoms with Crippen LogP contribution in [0.15, 0.2) is 36.7 Å². The number of nitrogens with zero attached hydrogens (tertiary/aromatic N) is 4. The number of para-hydroxylation sites is 2. The van der Waals surface area contributed by atoms with Crippen molar-refractivity contribution in [1.82, 2.24) is 24.4 Å². The molecular weight excluding hydrogens is 262 g/mol. The normalized spacial score (nSPS) is 12.9. The lowest BCUT2D eigenvalue weighted by Gasteiger charge is -2.13. The van der Waals surface area contributed by atoms with Crippen LogP contribution in [-0.2, 0) is 20.5 Å². The van der Waals surface area contributed by atoms with Crippen LogP contribution in [0.25, 0.3) is 11.0 Å². The summed E-state index contributed by atoms with van der Waals surface area (Å²) in [5.41, 5.74) is 2.22. The van der Waals surface area contributed by atoms with Gasteiger partial charge in [0, 0.05) is 39.5 Å². The monoisotopic (exact) mass is 283 g/mol. The van der Waals surface area contributed by atoms with Gasteiger partial charge in [-0.15, -0.1) is 0 Å². The molecule has 0 saturated carbocycles. The minimum Gasteiger partial charge on any atom is -0.338 e. The van der Waals surface area contributed by atoms with Crippen molar-refractivity contribution in [2.45, 2.75) is 19.4 Å². The van der Waals surface area contributed by atoms with E-state index in [4.69, 9.17) is 4.98 Å². The van der Waals surface area contributed by atoms with Crippen molar-refractivity contribution < 1.29 is 0 Å². The standard InChI is InChI=1S/C16H21N5/c1-12(17-9-8-15-18-10-11-20(15)2)16-19-13-6-4-5-7-14(13)21(16)3/h4-7,10-12,17H,8-9H2,1-3H3. The van der Waals surface area contributed by atoms with Gasteiger partial charge >= 0.3 is 0 Å². The van der Waals surface area contributed by atoms with Crippen LogP contribution in [-0.4, -0.2) is 25.6 Å². The third-order valence-electron chi connectivity index (χ3n) is 3.93. The van der Waals surface area contributed by atoms with Crippen molar-refractivity contribution in [3.8, 4) is 0 Å². The minimum atomic E-state index is 0.211. The molecular formula is C16H21N5. The predicted octanol–water partition coefficient (Wildman–Crippen LogP) is 2.20. The molecule has 2 heterocycles. The maximum atomic E-state index is 4.73. The summed E-state index contributed by atoms with van der Waals surface area (Å²) in [4.78, 5) is 9.06. The van der Waals surface area contributed by atoms with Crippen molar-refractivity contribution >= 4 is 11.0 Å². The number of rotatable bonds is 5. The lowest BCUT2D eigenvalue weighted by Crippen LogP contribution is -2.24. The summed E-state index contributed by atoms with van der Waals surface area (Å²) >= 11 is 0. The van der Waals surface area contributed by atoms with Gasteiger partial charge in [0.1, 0.15) is 11.6 Å². The summed E-state index contributed by atoms with van der Waals surface area (Å²) in [5, 5.41) is 3.53. The first-order valence-electron chi connectivity index (χ1n) is 7.27. The number of hydrogen-bond acceptors (Lipinski definition) is 3. The first-order chi connectivity index (χ1) is 10.2. The second-order valence-electron chi connectivity index (χ2n) is 5.40. The summed E-state index contributed by atoms with van der Waals surface area (Å²) in [6, 6.07) is 8.44. The number of imidazole rings is 2. The Morgan fingerprint density at radius 3 is 2.76 bits per heavy atom. The number of nitrogens with one attached hydrogen (secondary N) is 1. The number of benzene rings is 1. The molecule has 3 aromatic rings. The maximum absolute atomic E-state index is 4.73. The van der Waals surface area contributed by atoms with E-state index >= 15 is 0 Å². The zero-order chi connectivity index (χ0) is 14.8. The molecule has 0 saturated heterocycles. The van der Waals surface area contributed by atoms with Gasteiger partial charge in [-0.25, -0.2) is 9.97 Å². The highest BCUT2D eigenvalue weighted by Crippen LogP contribution is 2.18. The zero-order valence-electron chi connectivity index (χ0n) is 12.7. The molecule has 0 aliphatic rings. The molecule has 5 heteroatoms. The van der Waals surface area contributed by atoms with E-state index < -0.39 is 0 Å². The molecule has 0 aliphatic carbocycles. The van der Waals surface area contributed by atoms with Gasteiger partial charge in [0.25, 0.3) is 0 Å². The molecule has 1 N–H and O–H groups in total. The maximum Gasteiger partial charge on any atom is 0.126 e. The van der Waals surface area contributed by atoms with Crippen LogP contribution >= 0.6 is 0 Å². The summed E-state index contributed by atoms with van der Waals surface area (Å²) in [6.07, 6.45) is 4.73. The van der Waals surface area contributed by atoms with Crippen molar-refractivity contribution in [2.24, 2.45) is 14.1 Å². The minimum absolute atomic E-state index is 0.211. The predicted molar refractivity (Wildman–Crippen MR) is 84.0 cm³/mol. The van der Waals surface area contributed by atoms with Gasteiger partial charge in [-0.1, -0.05) is 12.1 Å². The fourth-order valence-corrected chi connectivity index (χ4v) is 2.68. The highest BCUT2D eigenvalue weighted by molar-refractivity contribution is 5.75. The summed E-state index contributed by atoms with van der Waals surface area (Å²) in [5.74, 6) is 2.16. The van der Waals surface area contributed by atoms with Crippen LogP contribution in [0.2, 0.25) is 0 Å².